The highest BCUT2D eigenvalue weighted by Gasteiger charge is 2.26. The molecule has 0 spiro atoms. The number of carboxylic acids is 1. The molecule has 0 unspecified atom stereocenters. The molecule has 0 saturated heterocycles. The fourth-order valence-electron chi connectivity index (χ4n) is 1.35. The van der Waals surface area contributed by atoms with E-state index in [1.165, 1.54) is 18.9 Å². The lowest BCUT2D eigenvalue weighted by molar-refractivity contribution is -0.142. The second-order valence-electron chi connectivity index (χ2n) is 4.48. The second kappa shape index (κ2) is 6.88. The quantitative estimate of drug-likeness (QED) is 0.621. The summed E-state index contributed by atoms with van der Waals surface area (Å²) in [6, 6.07) is -1.59. The molecule has 0 heterocycles. The van der Waals surface area contributed by atoms with Gasteiger partial charge in [-0.2, -0.15) is 0 Å². The maximum atomic E-state index is 11.8. The van der Waals surface area contributed by atoms with Crippen molar-refractivity contribution >= 4 is 18.3 Å². The summed E-state index contributed by atoms with van der Waals surface area (Å²) in [4.78, 5) is 34.4. The van der Waals surface area contributed by atoms with E-state index in [1.807, 2.05) is 13.8 Å². The SMILES string of the molecule is CC(C)C[C@@H](C(=O)N[C@@H](C)C(=O)O)N(C)C=O. The molecule has 0 radical (unpaired) electrons. The van der Waals surface area contributed by atoms with Crippen LogP contribution in [0.5, 0.6) is 0 Å². The summed E-state index contributed by atoms with van der Waals surface area (Å²) >= 11 is 0. The number of nitrogens with one attached hydrogen (secondary N) is 1. The zero-order valence-electron chi connectivity index (χ0n) is 10.6. The van der Waals surface area contributed by atoms with Gasteiger partial charge in [0.1, 0.15) is 12.1 Å². The van der Waals surface area contributed by atoms with Crippen molar-refractivity contribution in [3.05, 3.63) is 0 Å². The molecule has 0 rings (SSSR count). The third kappa shape index (κ3) is 5.33. The van der Waals surface area contributed by atoms with E-state index >= 15 is 0 Å². The number of likely N-dealkylation sites (N-methyl/N-ethyl adjacent to an activating group) is 1. The number of carbonyl (C=O) groups excluding carboxylic acids is 2. The topological polar surface area (TPSA) is 86.7 Å². The van der Waals surface area contributed by atoms with Gasteiger partial charge in [-0.05, 0) is 19.3 Å². The van der Waals surface area contributed by atoms with Crippen LogP contribution in [0.4, 0.5) is 0 Å². The second-order valence-corrected chi connectivity index (χ2v) is 4.48. The molecule has 0 bridgehead atoms. The van der Waals surface area contributed by atoms with Gasteiger partial charge in [0.05, 0.1) is 0 Å². The van der Waals surface area contributed by atoms with E-state index in [2.05, 4.69) is 5.32 Å². The van der Waals surface area contributed by atoms with Crippen LogP contribution in [0.2, 0.25) is 0 Å². The summed E-state index contributed by atoms with van der Waals surface area (Å²) in [5.74, 6) is -1.31. The van der Waals surface area contributed by atoms with Crippen LogP contribution in [0.25, 0.3) is 0 Å². The number of rotatable bonds is 7. The van der Waals surface area contributed by atoms with E-state index in [1.54, 1.807) is 0 Å². The van der Waals surface area contributed by atoms with Gasteiger partial charge in [-0.25, -0.2) is 0 Å². The van der Waals surface area contributed by atoms with Crippen molar-refractivity contribution in [2.75, 3.05) is 7.05 Å². The van der Waals surface area contributed by atoms with Crippen LogP contribution in [0.3, 0.4) is 0 Å². The van der Waals surface area contributed by atoms with E-state index in [0.29, 0.717) is 12.8 Å². The van der Waals surface area contributed by atoms with Gasteiger partial charge in [-0.15, -0.1) is 0 Å². The van der Waals surface area contributed by atoms with E-state index in [0.717, 1.165) is 0 Å². The van der Waals surface area contributed by atoms with Crippen molar-refractivity contribution in [2.24, 2.45) is 5.92 Å². The van der Waals surface area contributed by atoms with Crippen LogP contribution in [0, 0.1) is 5.92 Å². The average molecular weight is 244 g/mol. The summed E-state index contributed by atoms with van der Waals surface area (Å²) in [5, 5.41) is 11.1. The lowest BCUT2D eigenvalue weighted by Gasteiger charge is -2.26. The van der Waals surface area contributed by atoms with Crippen molar-refractivity contribution in [1.82, 2.24) is 10.2 Å². The van der Waals surface area contributed by atoms with Crippen LogP contribution in [0.15, 0.2) is 0 Å². The first-order valence-corrected chi connectivity index (χ1v) is 5.50. The molecule has 17 heavy (non-hydrogen) atoms. The van der Waals surface area contributed by atoms with Crippen molar-refractivity contribution in [3.8, 4) is 0 Å². The minimum absolute atomic E-state index is 0.230. The molecule has 0 fully saturated rings. The number of carbonyl (C=O) groups is 3. The molecule has 6 heteroatoms. The minimum atomic E-state index is -1.10. The number of nitrogens with zero attached hydrogens (tertiary/aromatic N) is 1. The monoisotopic (exact) mass is 244 g/mol. The van der Waals surface area contributed by atoms with Gasteiger partial charge >= 0.3 is 5.97 Å². The number of hydrogen-bond donors (Lipinski definition) is 2. The normalized spacial score (nSPS) is 13.9. The first kappa shape index (κ1) is 15.4. The summed E-state index contributed by atoms with van der Waals surface area (Å²) in [6.45, 7) is 5.24. The maximum Gasteiger partial charge on any atom is 0.325 e. The lowest BCUT2D eigenvalue weighted by atomic mass is 10.0. The Balaban J connectivity index is 4.63. The molecule has 6 nitrogen and oxygen atoms in total. The first-order chi connectivity index (χ1) is 7.79. The maximum absolute atomic E-state index is 11.8. The Bertz CT molecular complexity index is 291. The fraction of sp³-hybridized carbons (Fsp3) is 0.727. The van der Waals surface area contributed by atoms with Crippen molar-refractivity contribution in [2.45, 2.75) is 39.3 Å². The number of carboxylic acid groups (broad SMARTS) is 1. The van der Waals surface area contributed by atoms with Gasteiger partial charge in [-0.1, -0.05) is 13.8 Å². The number of hydrogen-bond acceptors (Lipinski definition) is 3. The smallest absolute Gasteiger partial charge is 0.325 e. The summed E-state index contributed by atoms with van der Waals surface area (Å²) in [5.41, 5.74) is 0. The molecule has 0 aromatic rings. The molecular formula is C11H20N2O4. The number of aliphatic carboxylic acids is 1. The molecule has 2 atom stereocenters. The molecule has 98 valence electrons. The third-order valence-corrected chi connectivity index (χ3v) is 2.38. The highest BCUT2D eigenvalue weighted by atomic mass is 16.4. The van der Waals surface area contributed by atoms with Crippen molar-refractivity contribution in [1.29, 1.82) is 0 Å². The first-order valence-electron chi connectivity index (χ1n) is 5.50. The third-order valence-electron chi connectivity index (χ3n) is 2.38. The van der Waals surface area contributed by atoms with E-state index in [-0.39, 0.29) is 5.92 Å². The number of amides is 2. The van der Waals surface area contributed by atoms with Crippen LogP contribution in [-0.4, -0.2) is 47.4 Å². The van der Waals surface area contributed by atoms with Gasteiger partial charge in [0, 0.05) is 7.05 Å². The standard InChI is InChI=1S/C11H20N2O4/c1-7(2)5-9(13(4)6-14)10(15)12-8(3)11(16)17/h6-9H,5H2,1-4H3,(H,12,15)(H,16,17)/t8-,9-/m0/s1. The Labute approximate surface area is 101 Å². The summed E-state index contributed by atoms with van der Waals surface area (Å²) in [6.07, 6.45) is 1.06. The molecule has 0 aliphatic heterocycles. The molecule has 0 aliphatic rings. The Kier molecular flexibility index (Phi) is 6.23. The predicted octanol–water partition coefficient (Wildman–Crippen LogP) is 0.0786. The van der Waals surface area contributed by atoms with Crippen molar-refractivity contribution < 1.29 is 19.5 Å². The van der Waals surface area contributed by atoms with E-state index in [4.69, 9.17) is 5.11 Å². The largest absolute Gasteiger partial charge is 0.480 e. The molecule has 0 saturated carbocycles. The van der Waals surface area contributed by atoms with Gasteiger partial charge in [-0.3, -0.25) is 14.4 Å². The highest BCUT2D eigenvalue weighted by molar-refractivity contribution is 5.87. The summed E-state index contributed by atoms with van der Waals surface area (Å²) in [7, 11) is 1.51. The molecular weight excluding hydrogens is 224 g/mol. The fourth-order valence-corrected chi connectivity index (χ4v) is 1.35. The van der Waals surface area contributed by atoms with Gasteiger partial charge < -0.3 is 15.3 Å². The van der Waals surface area contributed by atoms with Gasteiger partial charge in [0.15, 0.2) is 0 Å². The lowest BCUT2D eigenvalue weighted by Crippen LogP contribution is -2.49. The highest BCUT2D eigenvalue weighted by Crippen LogP contribution is 2.09. The average Bonchev–Trinajstić information content (AvgIpc) is 2.24. The van der Waals surface area contributed by atoms with Crippen LogP contribution < -0.4 is 5.32 Å². The molecule has 0 aromatic heterocycles. The Hall–Kier alpha value is -1.59. The zero-order chi connectivity index (χ0) is 13.6. The van der Waals surface area contributed by atoms with E-state index in [9.17, 15) is 14.4 Å². The molecule has 2 amide bonds. The minimum Gasteiger partial charge on any atom is -0.480 e. The molecule has 0 aromatic carbocycles. The van der Waals surface area contributed by atoms with E-state index < -0.39 is 24.0 Å². The van der Waals surface area contributed by atoms with Gasteiger partial charge in [0.2, 0.25) is 12.3 Å². The Morgan fingerprint density at radius 2 is 1.88 bits per heavy atom. The van der Waals surface area contributed by atoms with Crippen molar-refractivity contribution in [3.63, 3.8) is 0 Å². The zero-order valence-corrected chi connectivity index (χ0v) is 10.6. The Morgan fingerprint density at radius 3 is 2.24 bits per heavy atom. The van der Waals surface area contributed by atoms with Crippen LogP contribution in [0.1, 0.15) is 27.2 Å². The predicted molar refractivity (Wildman–Crippen MR) is 62.3 cm³/mol. The Morgan fingerprint density at radius 1 is 1.35 bits per heavy atom. The summed E-state index contributed by atoms with van der Waals surface area (Å²) < 4.78 is 0. The van der Waals surface area contributed by atoms with Crippen LogP contribution in [-0.2, 0) is 14.4 Å². The molecule has 2 N–H and O–H groups in total. The van der Waals surface area contributed by atoms with Crippen LogP contribution >= 0.6 is 0 Å². The van der Waals surface area contributed by atoms with Gasteiger partial charge in [0.25, 0.3) is 0 Å². The molecule has 0 aliphatic carbocycles.